The van der Waals surface area contributed by atoms with Crippen molar-refractivity contribution in [2.24, 2.45) is 0 Å². The van der Waals surface area contributed by atoms with Crippen molar-refractivity contribution in [3.63, 3.8) is 0 Å². The van der Waals surface area contributed by atoms with Crippen molar-refractivity contribution in [2.75, 3.05) is 23.9 Å². The zero-order chi connectivity index (χ0) is 28.3. The van der Waals surface area contributed by atoms with Crippen molar-refractivity contribution in [3.8, 4) is 11.5 Å². The first kappa shape index (κ1) is 28.2. The normalized spacial score (nSPS) is 14.3. The van der Waals surface area contributed by atoms with Gasteiger partial charge in [0.25, 0.3) is 17.7 Å². The molecule has 4 rings (SSSR count). The monoisotopic (exact) mass is 631 g/mol. The molecule has 0 spiro atoms. The largest absolute Gasteiger partial charge is 0.493 e. The Morgan fingerprint density at radius 2 is 1.85 bits per heavy atom. The lowest BCUT2D eigenvalue weighted by Crippen LogP contribution is -2.54. The van der Waals surface area contributed by atoms with Gasteiger partial charge in [-0.1, -0.05) is 41.4 Å². The van der Waals surface area contributed by atoms with Crippen LogP contribution in [0.5, 0.6) is 11.5 Å². The van der Waals surface area contributed by atoms with Crippen molar-refractivity contribution in [1.29, 1.82) is 0 Å². The van der Waals surface area contributed by atoms with Gasteiger partial charge in [-0.3, -0.25) is 19.7 Å². The van der Waals surface area contributed by atoms with Gasteiger partial charge in [0.1, 0.15) is 5.57 Å². The second-order valence-electron chi connectivity index (χ2n) is 8.24. The topological polar surface area (TPSA) is 114 Å². The molecular formula is C27H20BrCl2N3O6. The van der Waals surface area contributed by atoms with Crippen LogP contribution in [0.3, 0.4) is 0 Å². The fourth-order valence-corrected chi connectivity index (χ4v) is 4.64. The zero-order valence-corrected chi connectivity index (χ0v) is 23.6. The standard InChI is InChI=1S/C27H20BrCl2N3O6/c1-14-7-8-16(29)12-21(14)33-26(36)17(25(35)32-27(33)37)9-15-10-18(28)24(22(11-15)38-2)39-13-23(34)31-20-6-4-3-5-19(20)30/h3-12H,13H2,1-2H3,(H,31,34)(H,32,35,37)/b17-9+. The first-order chi connectivity index (χ1) is 18.6. The molecule has 0 aliphatic carbocycles. The van der Waals surface area contributed by atoms with E-state index in [-0.39, 0.29) is 29.4 Å². The Bertz CT molecular complexity index is 1540. The number of para-hydroxylation sites is 1. The van der Waals surface area contributed by atoms with E-state index in [0.29, 0.717) is 31.3 Å². The van der Waals surface area contributed by atoms with Gasteiger partial charge >= 0.3 is 6.03 Å². The number of nitrogens with zero attached hydrogens (tertiary/aromatic N) is 1. The predicted octanol–water partition coefficient (Wildman–Crippen LogP) is 5.76. The predicted molar refractivity (Wildman–Crippen MR) is 151 cm³/mol. The third-order valence-corrected chi connectivity index (χ3v) is 6.73. The van der Waals surface area contributed by atoms with E-state index in [0.717, 1.165) is 4.90 Å². The van der Waals surface area contributed by atoms with E-state index >= 15 is 0 Å². The molecule has 200 valence electrons. The fraction of sp³-hybridized carbons (Fsp3) is 0.111. The van der Waals surface area contributed by atoms with E-state index in [4.69, 9.17) is 32.7 Å². The molecule has 1 saturated heterocycles. The molecule has 0 aromatic heterocycles. The van der Waals surface area contributed by atoms with Crippen molar-refractivity contribution < 1.29 is 28.7 Å². The van der Waals surface area contributed by atoms with Gasteiger partial charge in [-0.25, -0.2) is 9.69 Å². The third-order valence-electron chi connectivity index (χ3n) is 5.57. The molecule has 39 heavy (non-hydrogen) atoms. The number of imide groups is 2. The Morgan fingerprint density at radius 3 is 2.56 bits per heavy atom. The molecule has 0 bridgehead atoms. The van der Waals surface area contributed by atoms with Gasteiger partial charge in [0, 0.05) is 5.02 Å². The Hall–Kier alpha value is -3.86. The lowest BCUT2D eigenvalue weighted by Gasteiger charge is -2.27. The van der Waals surface area contributed by atoms with Crippen LogP contribution in [0.15, 0.2) is 64.6 Å². The number of halogens is 3. The average Bonchev–Trinajstić information content (AvgIpc) is 2.89. The molecule has 0 atom stereocenters. The van der Waals surface area contributed by atoms with Gasteiger partial charge in [0.15, 0.2) is 18.1 Å². The number of hydrogen-bond acceptors (Lipinski definition) is 6. The van der Waals surface area contributed by atoms with Crippen LogP contribution in [0.4, 0.5) is 16.2 Å². The van der Waals surface area contributed by atoms with E-state index in [1.165, 1.54) is 25.3 Å². The van der Waals surface area contributed by atoms with Crippen LogP contribution in [0.1, 0.15) is 11.1 Å². The number of urea groups is 1. The van der Waals surface area contributed by atoms with Crippen LogP contribution in [0.2, 0.25) is 10.0 Å². The smallest absolute Gasteiger partial charge is 0.335 e. The second kappa shape index (κ2) is 11.9. The second-order valence-corrected chi connectivity index (χ2v) is 9.94. The number of benzene rings is 3. The Balaban J connectivity index is 1.58. The maximum absolute atomic E-state index is 13.3. The van der Waals surface area contributed by atoms with Gasteiger partial charge in [0.2, 0.25) is 0 Å². The number of anilines is 2. The highest BCUT2D eigenvalue weighted by molar-refractivity contribution is 9.10. The minimum atomic E-state index is -0.884. The molecule has 1 fully saturated rings. The Kier molecular flexibility index (Phi) is 8.59. The third kappa shape index (κ3) is 6.25. The van der Waals surface area contributed by atoms with Crippen molar-refractivity contribution >= 4 is 80.3 Å². The molecule has 0 radical (unpaired) electrons. The zero-order valence-electron chi connectivity index (χ0n) is 20.5. The van der Waals surface area contributed by atoms with E-state index in [1.807, 2.05) is 0 Å². The quantitative estimate of drug-likeness (QED) is 0.253. The highest BCUT2D eigenvalue weighted by Gasteiger charge is 2.37. The van der Waals surface area contributed by atoms with Crippen molar-refractivity contribution in [1.82, 2.24) is 5.32 Å². The molecular weight excluding hydrogens is 613 g/mol. The van der Waals surface area contributed by atoms with Gasteiger partial charge < -0.3 is 14.8 Å². The van der Waals surface area contributed by atoms with Crippen LogP contribution in [0.25, 0.3) is 6.08 Å². The van der Waals surface area contributed by atoms with Crippen molar-refractivity contribution in [3.05, 3.63) is 85.8 Å². The maximum Gasteiger partial charge on any atom is 0.335 e. The van der Waals surface area contributed by atoms with Gasteiger partial charge in [-0.05, 0) is 76.5 Å². The summed E-state index contributed by atoms with van der Waals surface area (Å²) in [7, 11) is 1.40. The number of hydrogen-bond donors (Lipinski definition) is 2. The number of ether oxygens (including phenoxy) is 2. The lowest BCUT2D eigenvalue weighted by atomic mass is 10.1. The summed E-state index contributed by atoms with van der Waals surface area (Å²) < 4.78 is 11.5. The first-order valence-electron chi connectivity index (χ1n) is 11.3. The summed E-state index contributed by atoms with van der Waals surface area (Å²) in [5.41, 5.74) is 1.41. The average molecular weight is 633 g/mol. The molecule has 3 aromatic carbocycles. The van der Waals surface area contributed by atoms with Crippen LogP contribution >= 0.6 is 39.1 Å². The summed E-state index contributed by atoms with van der Waals surface area (Å²) in [6, 6.07) is 13.7. The van der Waals surface area contributed by atoms with E-state index in [9.17, 15) is 19.2 Å². The van der Waals surface area contributed by atoms with Gasteiger partial charge in [-0.2, -0.15) is 0 Å². The molecule has 1 aliphatic heterocycles. The van der Waals surface area contributed by atoms with Crippen LogP contribution in [-0.4, -0.2) is 37.5 Å². The van der Waals surface area contributed by atoms with Crippen LogP contribution in [-0.2, 0) is 14.4 Å². The number of aryl methyl sites for hydroxylation is 1. The maximum atomic E-state index is 13.3. The van der Waals surface area contributed by atoms with Crippen LogP contribution < -0.4 is 25.0 Å². The molecule has 1 heterocycles. The van der Waals surface area contributed by atoms with Crippen molar-refractivity contribution in [2.45, 2.75) is 6.92 Å². The SMILES string of the molecule is COc1cc(/C=C2\C(=O)NC(=O)N(c3cc(Cl)ccc3C)C2=O)cc(Br)c1OCC(=O)Nc1ccccc1Cl. The van der Waals surface area contributed by atoms with Gasteiger partial charge in [0.05, 0.1) is 28.0 Å². The summed E-state index contributed by atoms with van der Waals surface area (Å²) >= 11 is 15.5. The summed E-state index contributed by atoms with van der Waals surface area (Å²) in [6.07, 6.45) is 1.32. The summed E-state index contributed by atoms with van der Waals surface area (Å²) in [6.45, 7) is 1.36. The number of carbonyl (C=O) groups excluding carboxylic acids is 4. The number of barbiturate groups is 1. The fourth-order valence-electron chi connectivity index (χ4n) is 3.72. The number of carbonyl (C=O) groups is 4. The van der Waals surface area contributed by atoms with E-state index in [1.54, 1.807) is 49.4 Å². The summed E-state index contributed by atoms with van der Waals surface area (Å²) in [5.74, 6) is -1.68. The molecule has 0 unspecified atom stereocenters. The van der Waals surface area contributed by atoms with E-state index < -0.39 is 23.8 Å². The Labute approximate surface area is 241 Å². The summed E-state index contributed by atoms with van der Waals surface area (Å²) in [5, 5.41) is 5.54. The van der Waals surface area contributed by atoms with Crippen LogP contribution in [0, 0.1) is 6.92 Å². The number of methoxy groups -OCH3 is 1. The molecule has 12 heteroatoms. The molecule has 5 amide bonds. The molecule has 9 nitrogen and oxygen atoms in total. The first-order valence-corrected chi connectivity index (χ1v) is 12.9. The minimum Gasteiger partial charge on any atom is -0.493 e. The summed E-state index contributed by atoms with van der Waals surface area (Å²) in [4.78, 5) is 51.7. The van der Waals surface area contributed by atoms with Gasteiger partial charge in [-0.15, -0.1) is 0 Å². The highest BCUT2D eigenvalue weighted by atomic mass is 79.9. The minimum absolute atomic E-state index is 0.222. The molecule has 3 aromatic rings. The number of nitrogens with one attached hydrogen (secondary N) is 2. The molecule has 0 saturated carbocycles. The highest BCUT2D eigenvalue weighted by Crippen LogP contribution is 2.38. The number of rotatable bonds is 7. The lowest BCUT2D eigenvalue weighted by molar-refractivity contribution is -0.122. The van der Waals surface area contributed by atoms with E-state index in [2.05, 4.69) is 26.6 Å². The Morgan fingerprint density at radius 1 is 1.10 bits per heavy atom. The number of amides is 5. The molecule has 1 aliphatic rings. The molecule has 2 N–H and O–H groups in total.